The van der Waals surface area contributed by atoms with Crippen molar-refractivity contribution in [2.45, 2.75) is 25.8 Å². The molecule has 0 unspecified atom stereocenters. The second kappa shape index (κ2) is 9.92. The zero-order chi connectivity index (χ0) is 24.4. The minimum absolute atomic E-state index is 0.0959. The van der Waals surface area contributed by atoms with Crippen LogP contribution in [0, 0.1) is 17.6 Å². The van der Waals surface area contributed by atoms with Crippen molar-refractivity contribution in [2.24, 2.45) is 10.9 Å². The van der Waals surface area contributed by atoms with Gasteiger partial charge < -0.3 is 14.8 Å². The molecule has 0 aliphatic carbocycles. The number of carbonyl (C=O) groups excluding carboxylic acids is 1. The number of aromatic nitrogens is 1. The lowest BCUT2D eigenvalue weighted by Crippen LogP contribution is -2.19. The van der Waals surface area contributed by atoms with Crippen LogP contribution in [0.1, 0.15) is 46.4 Å². The molecule has 1 N–H and O–H groups in total. The number of ketones is 1. The maximum atomic E-state index is 14.0. The van der Waals surface area contributed by atoms with E-state index in [0.717, 1.165) is 30.0 Å². The third-order valence-corrected chi connectivity index (χ3v) is 6.40. The molecular weight excluding hydrogens is 452 g/mol. The van der Waals surface area contributed by atoms with Crippen LogP contribution in [0.2, 0.25) is 0 Å². The van der Waals surface area contributed by atoms with E-state index in [1.165, 1.54) is 12.1 Å². The van der Waals surface area contributed by atoms with E-state index in [9.17, 15) is 13.6 Å². The van der Waals surface area contributed by atoms with Crippen molar-refractivity contribution in [1.29, 1.82) is 0 Å². The van der Waals surface area contributed by atoms with Crippen LogP contribution in [0.4, 0.5) is 20.3 Å². The molecule has 0 bridgehead atoms. The van der Waals surface area contributed by atoms with Crippen molar-refractivity contribution < 1.29 is 23.0 Å². The molecule has 180 valence electrons. The van der Waals surface area contributed by atoms with E-state index >= 15 is 0 Å². The third kappa shape index (κ3) is 4.93. The maximum absolute atomic E-state index is 14.0. The number of methoxy groups -OCH3 is 1. The third-order valence-electron chi connectivity index (χ3n) is 6.40. The predicted molar refractivity (Wildman–Crippen MR) is 129 cm³/mol. The van der Waals surface area contributed by atoms with Gasteiger partial charge in [0.05, 0.1) is 30.7 Å². The summed E-state index contributed by atoms with van der Waals surface area (Å²) in [6.07, 6.45) is 2.30. The Hall–Kier alpha value is -3.65. The number of nitrogens with zero attached hydrogens (tertiary/aromatic N) is 2. The number of halogens is 2. The van der Waals surface area contributed by atoms with Crippen LogP contribution in [-0.2, 0) is 11.3 Å². The molecule has 0 radical (unpaired) electrons. The molecule has 1 saturated heterocycles. The Balaban J connectivity index is 1.39. The highest BCUT2D eigenvalue weighted by molar-refractivity contribution is 6.17. The van der Waals surface area contributed by atoms with Crippen molar-refractivity contribution in [3.63, 3.8) is 0 Å². The first-order valence-corrected chi connectivity index (χ1v) is 11.6. The van der Waals surface area contributed by atoms with Gasteiger partial charge in [0.2, 0.25) is 0 Å². The summed E-state index contributed by atoms with van der Waals surface area (Å²) in [5, 5.41) is 2.89. The molecule has 3 aromatic rings. The Kier molecular flexibility index (Phi) is 6.55. The molecule has 2 aromatic carbocycles. The second-order valence-corrected chi connectivity index (χ2v) is 8.70. The standard InChI is InChI=1S/C27H25F2N3O3/c1-34-25-6-2-17(24(33)12-16-8-10-35-11-9-16)13-20(25)27-19-4-7-26(32-23(19)15-30-27)31-22-5-3-18(28)14-21(22)29/h2-7,13-14,16H,8-12,15H2,1H3,(H,31,32). The number of Topliss-reactive ketones (excluding diaryl/α,β-unsaturated/α-hetero) is 1. The van der Waals surface area contributed by atoms with Gasteiger partial charge in [-0.05, 0) is 61.2 Å². The predicted octanol–water partition coefficient (Wildman–Crippen LogP) is 5.46. The average molecular weight is 478 g/mol. The quantitative estimate of drug-likeness (QED) is 0.458. The summed E-state index contributed by atoms with van der Waals surface area (Å²) in [7, 11) is 1.58. The second-order valence-electron chi connectivity index (χ2n) is 8.70. The Morgan fingerprint density at radius 3 is 2.69 bits per heavy atom. The monoisotopic (exact) mass is 477 g/mol. The van der Waals surface area contributed by atoms with Crippen molar-refractivity contribution in [3.05, 3.63) is 82.5 Å². The molecule has 0 saturated carbocycles. The van der Waals surface area contributed by atoms with Gasteiger partial charge in [-0.3, -0.25) is 9.79 Å². The summed E-state index contributed by atoms with van der Waals surface area (Å²) in [6.45, 7) is 1.75. The fraction of sp³-hybridized carbons (Fsp3) is 0.296. The first-order chi connectivity index (χ1) is 17.0. The first kappa shape index (κ1) is 23.1. The van der Waals surface area contributed by atoms with Gasteiger partial charge in [-0.15, -0.1) is 0 Å². The summed E-state index contributed by atoms with van der Waals surface area (Å²) in [6, 6.07) is 12.3. The largest absolute Gasteiger partial charge is 0.496 e. The van der Waals surface area contributed by atoms with Crippen molar-refractivity contribution in [3.8, 4) is 5.75 Å². The highest BCUT2D eigenvalue weighted by atomic mass is 19.1. The SMILES string of the molecule is COc1ccc(C(=O)CC2CCOCC2)cc1C1=NCc2nc(Nc3ccc(F)cc3F)ccc21. The Morgan fingerprint density at radius 1 is 1.09 bits per heavy atom. The highest BCUT2D eigenvalue weighted by Gasteiger charge is 2.24. The molecule has 2 aliphatic rings. The van der Waals surface area contributed by atoms with Crippen molar-refractivity contribution in [2.75, 3.05) is 25.6 Å². The van der Waals surface area contributed by atoms with Crippen LogP contribution >= 0.6 is 0 Å². The van der Waals surface area contributed by atoms with E-state index in [1.54, 1.807) is 25.3 Å². The van der Waals surface area contributed by atoms with Gasteiger partial charge in [0.1, 0.15) is 23.2 Å². The molecule has 5 rings (SSSR count). The van der Waals surface area contributed by atoms with Gasteiger partial charge in [-0.2, -0.15) is 0 Å². The Labute approximate surface area is 202 Å². The number of anilines is 2. The van der Waals surface area contributed by atoms with Gasteiger partial charge in [-0.25, -0.2) is 13.8 Å². The molecule has 3 heterocycles. The first-order valence-electron chi connectivity index (χ1n) is 11.6. The number of pyridine rings is 1. The Morgan fingerprint density at radius 2 is 1.91 bits per heavy atom. The molecular formula is C27H25F2N3O3. The number of nitrogens with one attached hydrogen (secondary N) is 1. The maximum Gasteiger partial charge on any atom is 0.163 e. The number of rotatable bonds is 7. The molecule has 35 heavy (non-hydrogen) atoms. The number of benzene rings is 2. The molecule has 6 nitrogen and oxygen atoms in total. The molecule has 2 aliphatic heterocycles. The fourth-order valence-corrected chi connectivity index (χ4v) is 4.50. The molecule has 0 atom stereocenters. The van der Waals surface area contributed by atoms with E-state index < -0.39 is 11.6 Å². The van der Waals surface area contributed by atoms with Gasteiger partial charge in [0.15, 0.2) is 5.78 Å². The normalized spacial score (nSPS) is 15.5. The number of hydrogen-bond acceptors (Lipinski definition) is 6. The van der Waals surface area contributed by atoms with Gasteiger partial charge >= 0.3 is 0 Å². The number of ether oxygens (including phenoxy) is 2. The lowest BCUT2D eigenvalue weighted by Gasteiger charge is -2.21. The zero-order valence-corrected chi connectivity index (χ0v) is 19.3. The summed E-state index contributed by atoms with van der Waals surface area (Å²) in [5.74, 6) is 0.144. The highest BCUT2D eigenvalue weighted by Crippen LogP contribution is 2.31. The summed E-state index contributed by atoms with van der Waals surface area (Å²) < 4.78 is 38.2. The van der Waals surface area contributed by atoms with Crippen LogP contribution in [0.15, 0.2) is 53.5 Å². The molecule has 0 spiro atoms. The van der Waals surface area contributed by atoms with E-state index in [4.69, 9.17) is 9.47 Å². The molecule has 0 amide bonds. The average Bonchev–Trinajstić information content (AvgIpc) is 3.29. The van der Waals surface area contributed by atoms with Gasteiger partial charge in [0, 0.05) is 42.4 Å². The number of aliphatic imine (C=N–C) groups is 1. The Bertz CT molecular complexity index is 1300. The summed E-state index contributed by atoms with van der Waals surface area (Å²) in [4.78, 5) is 22.2. The topological polar surface area (TPSA) is 72.8 Å². The van der Waals surface area contributed by atoms with Crippen LogP contribution in [0.3, 0.4) is 0 Å². The van der Waals surface area contributed by atoms with Gasteiger partial charge in [0.25, 0.3) is 0 Å². The zero-order valence-electron chi connectivity index (χ0n) is 19.3. The molecule has 8 heteroatoms. The smallest absolute Gasteiger partial charge is 0.163 e. The minimum atomic E-state index is -0.698. The summed E-state index contributed by atoms with van der Waals surface area (Å²) in [5.41, 5.74) is 3.73. The number of hydrogen-bond donors (Lipinski definition) is 1. The minimum Gasteiger partial charge on any atom is -0.496 e. The van der Waals surface area contributed by atoms with E-state index in [1.807, 2.05) is 12.1 Å². The number of fused-ring (bicyclic) bond motifs is 1. The molecule has 1 aromatic heterocycles. The van der Waals surface area contributed by atoms with E-state index in [-0.39, 0.29) is 11.5 Å². The van der Waals surface area contributed by atoms with Gasteiger partial charge in [-0.1, -0.05) is 0 Å². The molecule has 1 fully saturated rings. The van der Waals surface area contributed by atoms with E-state index in [0.29, 0.717) is 60.6 Å². The van der Waals surface area contributed by atoms with Crippen LogP contribution in [0.25, 0.3) is 0 Å². The number of carbonyl (C=O) groups is 1. The summed E-state index contributed by atoms with van der Waals surface area (Å²) >= 11 is 0. The van der Waals surface area contributed by atoms with Crippen LogP contribution in [0.5, 0.6) is 5.75 Å². The van der Waals surface area contributed by atoms with Crippen LogP contribution < -0.4 is 10.1 Å². The van der Waals surface area contributed by atoms with Crippen LogP contribution in [-0.4, -0.2) is 36.8 Å². The van der Waals surface area contributed by atoms with Crippen molar-refractivity contribution in [1.82, 2.24) is 4.98 Å². The lowest BCUT2D eigenvalue weighted by atomic mass is 9.90. The van der Waals surface area contributed by atoms with Crippen molar-refractivity contribution >= 4 is 23.0 Å². The van der Waals surface area contributed by atoms with E-state index in [2.05, 4.69) is 15.3 Å². The fourth-order valence-electron chi connectivity index (χ4n) is 4.50. The lowest BCUT2D eigenvalue weighted by molar-refractivity contribution is 0.0601.